The number of piperidine rings is 1. The number of amides is 1. The van der Waals surface area contributed by atoms with Crippen LogP contribution in [-0.2, 0) is 0 Å². The van der Waals surface area contributed by atoms with E-state index >= 15 is 0 Å². The molecule has 2 unspecified atom stereocenters. The molecule has 1 aliphatic heterocycles. The molecule has 0 radical (unpaired) electrons. The molecule has 1 aromatic heterocycles. The fraction of sp³-hybridized carbons (Fsp3) is 0.471. The van der Waals surface area contributed by atoms with E-state index in [-0.39, 0.29) is 11.9 Å². The van der Waals surface area contributed by atoms with E-state index in [2.05, 4.69) is 17.2 Å². The standard InChI is InChI=1S/C17H23N5O/c1-12-8-9-21(15(10-12)11-18)17(23)16-13(2)22(20-19-16)14-6-4-3-5-7-14/h3-7,12,15H,8-11,18H2,1-2H3. The van der Waals surface area contributed by atoms with Crippen LogP contribution in [0.25, 0.3) is 5.69 Å². The second kappa shape index (κ2) is 6.50. The van der Waals surface area contributed by atoms with E-state index in [1.165, 1.54) is 0 Å². The van der Waals surface area contributed by atoms with Crippen molar-refractivity contribution in [3.05, 3.63) is 41.7 Å². The quantitative estimate of drug-likeness (QED) is 0.937. The number of likely N-dealkylation sites (tertiary alicyclic amines) is 1. The van der Waals surface area contributed by atoms with Gasteiger partial charge in [0.2, 0.25) is 0 Å². The summed E-state index contributed by atoms with van der Waals surface area (Å²) in [5.74, 6) is 0.542. The van der Waals surface area contributed by atoms with Gasteiger partial charge in [-0.1, -0.05) is 30.3 Å². The maximum atomic E-state index is 12.9. The predicted molar refractivity (Wildman–Crippen MR) is 88.4 cm³/mol. The summed E-state index contributed by atoms with van der Waals surface area (Å²) in [4.78, 5) is 14.8. The zero-order valence-electron chi connectivity index (χ0n) is 13.6. The Morgan fingerprint density at radius 2 is 2.09 bits per heavy atom. The Hall–Kier alpha value is -2.21. The number of carbonyl (C=O) groups excluding carboxylic acids is 1. The first-order chi connectivity index (χ1) is 11.1. The van der Waals surface area contributed by atoms with Crippen LogP contribution in [0.2, 0.25) is 0 Å². The van der Waals surface area contributed by atoms with Crippen LogP contribution in [0, 0.1) is 12.8 Å². The van der Waals surface area contributed by atoms with Crippen LogP contribution >= 0.6 is 0 Å². The lowest BCUT2D eigenvalue weighted by Crippen LogP contribution is -2.49. The third kappa shape index (κ3) is 2.99. The number of nitrogens with zero attached hydrogens (tertiary/aromatic N) is 4. The Labute approximate surface area is 136 Å². The Morgan fingerprint density at radius 1 is 1.35 bits per heavy atom. The highest BCUT2D eigenvalue weighted by atomic mass is 16.2. The largest absolute Gasteiger partial charge is 0.333 e. The topological polar surface area (TPSA) is 77.0 Å². The highest BCUT2D eigenvalue weighted by Gasteiger charge is 2.32. The van der Waals surface area contributed by atoms with E-state index in [1.807, 2.05) is 42.2 Å². The first kappa shape index (κ1) is 15.7. The van der Waals surface area contributed by atoms with Gasteiger partial charge in [-0.25, -0.2) is 4.68 Å². The number of para-hydroxylation sites is 1. The second-order valence-corrected chi connectivity index (χ2v) is 6.29. The monoisotopic (exact) mass is 313 g/mol. The molecule has 6 heteroatoms. The summed E-state index contributed by atoms with van der Waals surface area (Å²) in [5, 5.41) is 8.29. The van der Waals surface area contributed by atoms with E-state index < -0.39 is 0 Å². The summed E-state index contributed by atoms with van der Waals surface area (Å²) in [6.45, 7) is 5.31. The minimum atomic E-state index is -0.0629. The number of rotatable bonds is 3. The number of nitrogens with two attached hydrogens (primary N) is 1. The zero-order chi connectivity index (χ0) is 16.4. The Morgan fingerprint density at radius 3 is 2.78 bits per heavy atom. The van der Waals surface area contributed by atoms with E-state index in [0.717, 1.165) is 30.8 Å². The number of aromatic nitrogens is 3. The number of hydrogen-bond acceptors (Lipinski definition) is 4. The molecule has 3 rings (SSSR count). The van der Waals surface area contributed by atoms with Gasteiger partial charge in [-0.05, 0) is 37.8 Å². The molecule has 0 bridgehead atoms. The van der Waals surface area contributed by atoms with E-state index in [1.54, 1.807) is 4.68 Å². The number of carbonyl (C=O) groups is 1. The van der Waals surface area contributed by atoms with Crippen molar-refractivity contribution < 1.29 is 4.79 Å². The molecule has 0 spiro atoms. The molecule has 2 heterocycles. The van der Waals surface area contributed by atoms with Crippen LogP contribution < -0.4 is 5.73 Å². The normalized spacial score (nSPS) is 21.4. The minimum absolute atomic E-state index is 0.0629. The molecule has 2 atom stereocenters. The van der Waals surface area contributed by atoms with Crippen molar-refractivity contribution in [1.29, 1.82) is 0 Å². The fourth-order valence-electron chi connectivity index (χ4n) is 3.22. The van der Waals surface area contributed by atoms with Crippen molar-refractivity contribution in [2.75, 3.05) is 13.1 Å². The predicted octanol–water partition coefficient (Wildman–Crippen LogP) is 1.78. The maximum Gasteiger partial charge on any atom is 0.276 e. The number of hydrogen-bond donors (Lipinski definition) is 1. The van der Waals surface area contributed by atoms with Crippen LogP contribution in [-0.4, -0.2) is 44.9 Å². The van der Waals surface area contributed by atoms with Gasteiger partial charge in [0, 0.05) is 19.1 Å². The van der Waals surface area contributed by atoms with Crippen LogP contribution in [0.1, 0.15) is 35.9 Å². The summed E-state index contributed by atoms with van der Waals surface area (Å²) in [5.41, 5.74) is 7.95. The molecule has 0 saturated carbocycles. The Bertz CT molecular complexity index is 682. The van der Waals surface area contributed by atoms with Crippen molar-refractivity contribution in [2.24, 2.45) is 11.7 Å². The second-order valence-electron chi connectivity index (χ2n) is 6.29. The summed E-state index contributed by atoms with van der Waals surface area (Å²) >= 11 is 0. The minimum Gasteiger partial charge on any atom is -0.333 e. The molecule has 6 nitrogen and oxygen atoms in total. The zero-order valence-corrected chi connectivity index (χ0v) is 13.6. The third-order valence-corrected chi connectivity index (χ3v) is 4.61. The smallest absolute Gasteiger partial charge is 0.276 e. The van der Waals surface area contributed by atoms with Crippen molar-refractivity contribution in [3.63, 3.8) is 0 Å². The van der Waals surface area contributed by atoms with Gasteiger partial charge >= 0.3 is 0 Å². The molecule has 1 fully saturated rings. The maximum absolute atomic E-state index is 12.9. The average molecular weight is 313 g/mol. The Balaban J connectivity index is 1.87. The van der Waals surface area contributed by atoms with Crippen molar-refractivity contribution in [1.82, 2.24) is 19.9 Å². The fourth-order valence-corrected chi connectivity index (χ4v) is 3.22. The van der Waals surface area contributed by atoms with Gasteiger partial charge in [-0.2, -0.15) is 0 Å². The van der Waals surface area contributed by atoms with Crippen LogP contribution in [0.4, 0.5) is 0 Å². The molecule has 0 aliphatic carbocycles. The van der Waals surface area contributed by atoms with Gasteiger partial charge in [0.05, 0.1) is 11.4 Å². The van der Waals surface area contributed by atoms with E-state index in [0.29, 0.717) is 18.2 Å². The molecule has 1 amide bonds. The van der Waals surface area contributed by atoms with Crippen LogP contribution in [0.15, 0.2) is 30.3 Å². The average Bonchev–Trinajstić information content (AvgIpc) is 2.96. The molecule has 23 heavy (non-hydrogen) atoms. The van der Waals surface area contributed by atoms with Gasteiger partial charge in [-0.3, -0.25) is 4.79 Å². The summed E-state index contributed by atoms with van der Waals surface area (Å²) < 4.78 is 1.71. The molecule has 1 aliphatic rings. The number of benzene rings is 1. The van der Waals surface area contributed by atoms with Gasteiger partial charge in [0.15, 0.2) is 5.69 Å². The molecule has 1 aromatic carbocycles. The highest BCUT2D eigenvalue weighted by Crippen LogP contribution is 2.24. The van der Waals surface area contributed by atoms with Gasteiger partial charge in [0.25, 0.3) is 5.91 Å². The molecule has 1 saturated heterocycles. The lowest BCUT2D eigenvalue weighted by Gasteiger charge is -2.37. The van der Waals surface area contributed by atoms with E-state index in [4.69, 9.17) is 5.73 Å². The molecule has 122 valence electrons. The summed E-state index contributed by atoms with van der Waals surface area (Å²) in [7, 11) is 0. The van der Waals surface area contributed by atoms with Crippen LogP contribution in [0.3, 0.4) is 0 Å². The van der Waals surface area contributed by atoms with Crippen LogP contribution in [0.5, 0.6) is 0 Å². The lowest BCUT2D eigenvalue weighted by atomic mass is 9.92. The molecule has 2 N–H and O–H groups in total. The van der Waals surface area contributed by atoms with Gasteiger partial charge in [0.1, 0.15) is 0 Å². The molecular formula is C17H23N5O. The van der Waals surface area contributed by atoms with Crippen molar-refractivity contribution in [2.45, 2.75) is 32.7 Å². The van der Waals surface area contributed by atoms with Gasteiger partial charge < -0.3 is 10.6 Å². The first-order valence-electron chi connectivity index (χ1n) is 8.10. The van der Waals surface area contributed by atoms with Gasteiger partial charge in [-0.15, -0.1) is 5.10 Å². The van der Waals surface area contributed by atoms with E-state index in [9.17, 15) is 4.79 Å². The Kier molecular flexibility index (Phi) is 4.43. The first-order valence-corrected chi connectivity index (χ1v) is 8.10. The highest BCUT2D eigenvalue weighted by molar-refractivity contribution is 5.93. The SMILES string of the molecule is Cc1c(C(=O)N2CCC(C)CC2CN)nnn1-c1ccccc1. The van der Waals surface area contributed by atoms with Crippen molar-refractivity contribution >= 4 is 5.91 Å². The molecular weight excluding hydrogens is 290 g/mol. The van der Waals surface area contributed by atoms with Crippen molar-refractivity contribution in [3.8, 4) is 5.69 Å². The summed E-state index contributed by atoms with van der Waals surface area (Å²) in [6, 6.07) is 9.81. The summed E-state index contributed by atoms with van der Waals surface area (Å²) in [6.07, 6.45) is 1.96. The third-order valence-electron chi connectivity index (χ3n) is 4.61. The lowest BCUT2D eigenvalue weighted by molar-refractivity contribution is 0.0566. The molecule has 2 aromatic rings.